The number of aromatic nitrogens is 2. The van der Waals surface area contributed by atoms with Gasteiger partial charge in [0.05, 0.1) is 23.8 Å². The van der Waals surface area contributed by atoms with Gasteiger partial charge in [-0.1, -0.05) is 0 Å². The van der Waals surface area contributed by atoms with E-state index < -0.39 is 10.5 Å². The summed E-state index contributed by atoms with van der Waals surface area (Å²) in [6, 6.07) is 7.52. The third-order valence-corrected chi connectivity index (χ3v) is 4.02. The summed E-state index contributed by atoms with van der Waals surface area (Å²) in [6.45, 7) is 2.24. The van der Waals surface area contributed by atoms with Crippen molar-refractivity contribution in [3.05, 3.63) is 50.3 Å². The highest BCUT2D eigenvalue weighted by Crippen LogP contribution is 2.24. The van der Waals surface area contributed by atoms with Gasteiger partial charge in [-0.05, 0) is 12.1 Å². The highest BCUT2D eigenvalue weighted by molar-refractivity contribution is 5.68. The summed E-state index contributed by atoms with van der Waals surface area (Å²) in [5.41, 5.74) is 0.0940. The number of nitriles is 1. The third-order valence-electron chi connectivity index (χ3n) is 4.02. The minimum atomic E-state index is -0.508. The van der Waals surface area contributed by atoms with E-state index in [2.05, 4.69) is 4.98 Å². The molecule has 1 fully saturated rings. The molecule has 9 nitrogen and oxygen atoms in total. The Balaban J connectivity index is 2.14. The van der Waals surface area contributed by atoms with Crippen LogP contribution < -0.4 is 10.5 Å². The van der Waals surface area contributed by atoms with E-state index in [-0.39, 0.29) is 16.9 Å². The van der Waals surface area contributed by atoms with Crippen molar-refractivity contribution in [2.24, 2.45) is 7.05 Å². The molecule has 0 aliphatic carbocycles. The predicted octanol–water partition coefficient (Wildman–Crippen LogP) is 1.06. The molecule has 0 radical (unpaired) electrons. The number of ether oxygens (including phenoxy) is 1. The number of hydrogen-bond acceptors (Lipinski definition) is 7. The average Bonchev–Trinajstić information content (AvgIpc) is 2.64. The Labute approximate surface area is 142 Å². The largest absolute Gasteiger partial charge is 0.378 e. The molecule has 0 unspecified atom stereocenters. The number of benzene rings is 1. The zero-order valence-corrected chi connectivity index (χ0v) is 13.5. The van der Waals surface area contributed by atoms with Crippen LogP contribution in [0.15, 0.2) is 29.1 Å². The molecule has 3 rings (SSSR count). The van der Waals surface area contributed by atoms with Gasteiger partial charge in [-0.2, -0.15) is 5.26 Å². The summed E-state index contributed by atoms with van der Waals surface area (Å²) in [7, 11) is 1.57. The van der Waals surface area contributed by atoms with Crippen LogP contribution in [0.1, 0.15) is 5.56 Å². The highest BCUT2D eigenvalue weighted by Gasteiger charge is 2.21. The Morgan fingerprint density at radius 2 is 1.92 bits per heavy atom. The highest BCUT2D eigenvalue weighted by atomic mass is 16.6. The van der Waals surface area contributed by atoms with Crippen LogP contribution in [0.4, 0.5) is 11.6 Å². The second-order valence-electron chi connectivity index (χ2n) is 5.51. The Bertz CT molecular complexity index is 908. The Hall–Kier alpha value is -3.25. The van der Waals surface area contributed by atoms with Gasteiger partial charge >= 0.3 is 0 Å². The molecular formula is C16H15N5O4. The maximum absolute atomic E-state index is 12.6. The fourth-order valence-electron chi connectivity index (χ4n) is 2.69. The second kappa shape index (κ2) is 6.70. The van der Waals surface area contributed by atoms with Crippen molar-refractivity contribution in [1.82, 2.24) is 9.55 Å². The molecule has 0 spiro atoms. The van der Waals surface area contributed by atoms with Crippen molar-refractivity contribution in [2.45, 2.75) is 0 Å². The molecule has 0 saturated carbocycles. The Kier molecular flexibility index (Phi) is 4.45. The molecule has 1 aliphatic rings. The minimum Gasteiger partial charge on any atom is -0.378 e. The van der Waals surface area contributed by atoms with Crippen LogP contribution in [-0.2, 0) is 11.8 Å². The first-order valence-electron chi connectivity index (χ1n) is 7.61. The van der Waals surface area contributed by atoms with Crippen molar-refractivity contribution in [1.29, 1.82) is 5.26 Å². The van der Waals surface area contributed by atoms with Gasteiger partial charge in [0.1, 0.15) is 11.6 Å². The van der Waals surface area contributed by atoms with E-state index in [9.17, 15) is 20.2 Å². The van der Waals surface area contributed by atoms with Gasteiger partial charge < -0.3 is 9.64 Å². The number of rotatable bonds is 3. The Morgan fingerprint density at radius 3 is 2.48 bits per heavy atom. The zero-order valence-electron chi connectivity index (χ0n) is 13.5. The van der Waals surface area contributed by atoms with Gasteiger partial charge in [-0.25, -0.2) is 4.98 Å². The number of anilines is 1. The number of nitro groups is 1. The molecule has 1 aliphatic heterocycles. The van der Waals surface area contributed by atoms with Gasteiger partial charge in [-0.3, -0.25) is 19.5 Å². The van der Waals surface area contributed by atoms with Crippen molar-refractivity contribution >= 4 is 11.6 Å². The van der Waals surface area contributed by atoms with Gasteiger partial charge in [0.2, 0.25) is 5.95 Å². The predicted molar refractivity (Wildman–Crippen MR) is 89.3 cm³/mol. The molecule has 0 amide bonds. The minimum absolute atomic E-state index is 0.0699. The molecule has 128 valence electrons. The van der Waals surface area contributed by atoms with E-state index in [4.69, 9.17) is 4.74 Å². The lowest BCUT2D eigenvalue weighted by Gasteiger charge is -2.29. The van der Waals surface area contributed by atoms with Crippen molar-refractivity contribution < 1.29 is 9.66 Å². The Morgan fingerprint density at radius 1 is 1.28 bits per heavy atom. The molecule has 9 heteroatoms. The molecule has 1 saturated heterocycles. The van der Waals surface area contributed by atoms with E-state index in [1.165, 1.54) is 28.8 Å². The first kappa shape index (κ1) is 16.6. The summed E-state index contributed by atoms with van der Waals surface area (Å²) in [4.78, 5) is 29.3. The molecule has 0 N–H and O–H groups in total. The topological polar surface area (TPSA) is 114 Å². The number of non-ortho nitro benzene ring substituents is 1. The van der Waals surface area contributed by atoms with E-state index in [1.807, 2.05) is 11.0 Å². The van der Waals surface area contributed by atoms with Gasteiger partial charge in [0.15, 0.2) is 0 Å². The molecule has 2 aromatic rings. The fraction of sp³-hybridized carbons (Fsp3) is 0.312. The molecule has 0 bridgehead atoms. The van der Waals surface area contributed by atoms with Crippen molar-refractivity contribution in [3.8, 4) is 17.3 Å². The van der Waals surface area contributed by atoms with Crippen molar-refractivity contribution in [2.75, 3.05) is 31.2 Å². The maximum atomic E-state index is 12.6. The van der Waals surface area contributed by atoms with Crippen LogP contribution in [-0.4, -0.2) is 40.8 Å². The number of morpholine rings is 1. The molecular weight excluding hydrogens is 326 g/mol. The smallest absolute Gasteiger partial charge is 0.273 e. The molecule has 2 heterocycles. The van der Waals surface area contributed by atoms with Crippen LogP contribution in [0.3, 0.4) is 0 Å². The zero-order chi connectivity index (χ0) is 18.0. The summed E-state index contributed by atoms with van der Waals surface area (Å²) in [6.07, 6.45) is 0. The lowest BCUT2D eigenvalue weighted by atomic mass is 10.1. The molecule has 1 aromatic heterocycles. The summed E-state index contributed by atoms with van der Waals surface area (Å²) in [5.74, 6) is 0.445. The van der Waals surface area contributed by atoms with Crippen LogP contribution in [0.2, 0.25) is 0 Å². The normalized spacial score (nSPS) is 14.2. The van der Waals surface area contributed by atoms with Crippen LogP contribution >= 0.6 is 0 Å². The van der Waals surface area contributed by atoms with E-state index in [0.717, 1.165) is 0 Å². The summed E-state index contributed by atoms with van der Waals surface area (Å²) < 4.78 is 6.66. The van der Waals surface area contributed by atoms with Gasteiger partial charge in [-0.15, -0.1) is 0 Å². The fourth-order valence-corrected chi connectivity index (χ4v) is 2.69. The number of nitrogens with zero attached hydrogens (tertiary/aromatic N) is 5. The molecule has 0 atom stereocenters. The summed E-state index contributed by atoms with van der Waals surface area (Å²) in [5, 5.41) is 20.2. The average molecular weight is 341 g/mol. The number of nitro benzene ring substituents is 1. The van der Waals surface area contributed by atoms with Crippen LogP contribution in [0.25, 0.3) is 11.3 Å². The first-order valence-corrected chi connectivity index (χ1v) is 7.61. The van der Waals surface area contributed by atoms with E-state index in [1.54, 1.807) is 7.05 Å². The second-order valence-corrected chi connectivity index (χ2v) is 5.51. The lowest BCUT2D eigenvalue weighted by molar-refractivity contribution is -0.384. The monoisotopic (exact) mass is 341 g/mol. The van der Waals surface area contributed by atoms with E-state index >= 15 is 0 Å². The lowest BCUT2D eigenvalue weighted by Crippen LogP contribution is -2.40. The summed E-state index contributed by atoms with van der Waals surface area (Å²) >= 11 is 0. The molecule has 1 aromatic carbocycles. The van der Waals surface area contributed by atoms with Crippen LogP contribution in [0, 0.1) is 21.4 Å². The quantitative estimate of drug-likeness (QED) is 0.605. The first-order chi connectivity index (χ1) is 12.0. The third kappa shape index (κ3) is 3.07. The van der Waals surface area contributed by atoms with Crippen LogP contribution in [0.5, 0.6) is 0 Å². The SMILES string of the molecule is Cn1c(N2CCOCC2)nc(-c2ccc([N+](=O)[O-])cc2)c(C#N)c1=O. The van der Waals surface area contributed by atoms with Gasteiger partial charge in [0, 0.05) is 37.8 Å². The van der Waals surface area contributed by atoms with Crippen molar-refractivity contribution in [3.63, 3.8) is 0 Å². The van der Waals surface area contributed by atoms with Gasteiger partial charge in [0.25, 0.3) is 11.2 Å². The van der Waals surface area contributed by atoms with E-state index in [0.29, 0.717) is 37.8 Å². The number of hydrogen-bond donors (Lipinski definition) is 0. The molecule has 25 heavy (non-hydrogen) atoms. The maximum Gasteiger partial charge on any atom is 0.273 e. The standard InChI is InChI=1S/C16H15N5O4/c1-19-15(22)13(10-17)14(11-2-4-12(5-3-11)21(23)24)18-16(19)20-6-8-25-9-7-20/h2-5H,6-9H2,1H3.